The molecule has 1 atom stereocenters. The van der Waals surface area contributed by atoms with Gasteiger partial charge >= 0.3 is 5.97 Å². The van der Waals surface area contributed by atoms with E-state index in [1.807, 2.05) is 25.1 Å². The summed E-state index contributed by atoms with van der Waals surface area (Å²) in [7, 11) is -3.80. The van der Waals surface area contributed by atoms with Crippen molar-refractivity contribution in [1.82, 2.24) is 0 Å². The molecule has 28 heavy (non-hydrogen) atoms. The normalized spacial score (nSPS) is 13.2. The zero-order valence-electron chi connectivity index (χ0n) is 16.2. The summed E-state index contributed by atoms with van der Waals surface area (Å²) >= 11 is 0. The third kappa shape index (κ3) is 5.60. The molecule has 0 saturated heterocycles. The number of hydrogen-bond acceptors (Lipinski definition) is 3. The van der Waals surface area contributed by atoms with E-state index >= 15 is 0 Å². The zero-order chi connectivity index (χ0) is 21.1. The second-order valence-electron chi connectivity index (χ2n) is 7.11. The number of carbonyl (C=O) groups excluding carboxylic acids is 1. The number of halogens is 1. The van der Waals surface area contributed by atoms with Crippen molar-refractivity contribution in [3.05, 3.63) is 58.4 Å². The van der Waals surface area contributed by atoms with Gasteiger partial charge in [-0.1, -0.05) is 18.2 Å². The molecule has 0 aromatic heterocycles. The third-order valence-corrected chi connectivity index (χ3v) is 6.41. The quantitative estimate of drug-likeness (QED) is 0.504. The van der Waals surface area contributed by atoms with Gasteiger partial charge in [-0.2, -0.15) is 0 Å². The van der Waals surface area contributed by atoms with Crippen molar-refractivity contribution in [2.24, 2.45) is 0 Å². The molecule has 1 unspecified atom stereocenters. The van der Waals surface area contributed by atoms with Crippen LogP contribution in [0.3, 0.4) is 0 Å². The number of hydrogen-bond donors (Lipinski definition) is 2. The van der Waals surface area contributed by atoms with Gasteiger partial charge in [-0.25, -0.2) is 4.39 Å². The Morgan fingerprint density at radius 1 is 1.07 bits per heavy atom. The fraction of sp³-hybridized carbons (Fsp3) is 0.333. The Kier molecular flexibility index (Phi) is 6.91. The van der Waals surface area contributed by atoms with Gasteiger partial charge in [0, 0.05) is 6.16 Å². The molecule has 2 aromatic carbocycles. The molecule has 0 heterocycles. The van der Waals surface area contributed by atoms with Crippen LogP contribution in [0.5, 0.6) is 0 Å². The van der Waals surface area contributed by atoms with E-state index in [0.29, 0.717) is 11.1 Å². The largest absolute Gasteiger partial charge is 0.481 e. The number of benzene rings is 2. The molecule has 150 valence electrons. The first-order valence-corrected chi connectivity index (χ1v) is 10.9. The van der Waals surface area contributed by atoms with Crippen LogP contribution < -0.4 is 0 Å². The molecule has 0 aliphatic carbocycles. The van der Waals surface area contributed by atoms with Gasteiger partial charge in [0.05, 0.1) is 6.16 Å². The number of ketones is 1. The van der Waals surface area contributed by atoms with Crippen LogP contribution in [0.2, 0.25) is 0 Å². The van der Waals surface area contributed by atoms with E-state index in [1.165, 1.54) is 0 Å². The lowest BCUT2D eigenvalue weighted by Crippen LogP contribution is -2.13. The smallest absolute Gasteiger partial charge is 0.310 e. The molecule has 0 bridgehead atoms. The van der Waals surface area contributed by atoms with Crippen molar-refractivity contribution in [3.63, 3.8) is 0 Å². The average molecular weight is 406 g/mol. The lowest BCUT2D eigenvalue weighted by atomic mass is 9.92. The molecule has 0 amide bonds. The van der Waals surface area contributed by atoms with Crippen molar-refractivity contribution in [2.75, 3.05) is 12.3 Å². The number of aliphatic carboxylic acids is 1. The molecular weight excluding hydrogens is 382 g/mol. The number of Topliss-reactive ketones (excluding diaryl/α,β-unsaturated/α-hetero) is 1. The van der Waals surface area contributed by atoms with Crippen LogP contribution in [0, 0.1) is 26.6 Å². The highest BCUT2D eigenvalue weighted by Gasteiger charge is 2.24. The van der Waals surface area contributed by atoms with Gasteiger partial charge in [-0.3, -0.25) is 14.2 Å². The Hall–Kier alpha value is -2.30. The Labute approximate surface area is 163 Å². The first-order valence-electron chi connectivity index (χ1n) is 8.90. The molecule has 0 fully saturated rings. The lowest BCUT2D eigenvalue weighted by Gasteiger charge is -2.16. The zero-order valence-corrected chi connectivity index (χ0v) is 17.1. The van der Waals surface area contributed by atoms with Gasteiger partial charge in [0.25, 0.3) is 0 Å². The van der Waals surface area contributed by atoms with Crippen LogP contribution in [0.25, 0.3) is 11.1 Å². The van der Waals surface area contributed by atoms with Gasteiger partial charge in [-0.05, 0) is 72.7 Å². The Balaban J connectivity index is 2.29. The number of aryl methyl sites for hydroxylation is 3. The standard InChI is InChI=1S/C21H24FO5P/c1-13-5-4-6-19(16-9-14(2)21(22)15(3)10-16)18(13)7-8-28(26,27)12-17(23)11-20(24)25/h4-6,9-10H,7-8,11-12H2,1-3H3,(H,24,25)(H,26,27). The van der Waals surface area contributed by atoms with E-state index in [1.54, 1.807) is 26.0 Å². The number of carboxylic acids is 1. The minimum atomic E-state index is -3.80. The molecule has 0 aliphatic rings. The average Bonchev–Trinajstić information content (AvgIpc) is 2.56. The van der Waals surface area contributed by atoms with Crippen molar-refractivity contribution < 1.29 is 28.5 Å². The van der Waals surface area contributed by atoms with Gasteiger partial charge in [0.1, 0.15) is 12.2 Å². The Bertz CT molecular complexity index is 944. The summed E-state index contributed by atoms with van der Waals surface area (Å²) < 4.78 is 26.4. The summed E-state index contributed by atoms with van der Waals surface area (Å²) in [5.41, 5.74) is 4.50. The SMILES string of the molecule is Cc1cc(-c2cccc(C)c2CCP(=O)(O)CC(=O)CC(=O)O)cc(C)c1F. The first-order chi connectivity index (χ1) is 13.0. The summed E-state index contributed by atoms with van der Waals surface area (Å²) in [6.07, 6.45) is -1.27. The summed E-state index contributed by atoms with van der Waals surface area (Å²) in [4.78, 5) is 32.3. The van der Waals surface area contributed by atoms with Crippen LogP contribution in [0.4, 0.5) is 4.39 Å². The number of carboxylic acid groups (broad SMARTS) is 1. The number of rotatable bonds is 8. The van der Waals surface area contributed by atoms with Crippen LogP contribution in [0.1, 0.15) is 28.7 Å². The maximum absolute atomic E-state index is 14.0. The highest BCUT2D eigenvalue weighted by Crippen LogP contribution is 2.42. The third-order valence-electron chi connectivity index (χ3n) is 4.64. The molecule has 0 radical (unpaired) electrons. The molecular formula is C21H24FO5P. The maximum Gasteiger partial charge on any atom is 0.310 e. The van der Waals surface area contributed by atoms with E-state index in [2.05, 4.69) is 0 Å². The van der Waals surface area contributed by atoms with Gasteiger partial charge < -0.3 is 10.00 Å². The molecule has 0 spiro atoms. The molecule has 2 aromatic rings. The highest BCUT2D eigenvalue weighted by atomic mass is 31.2. The van der Waals surface area contributed by atoms with Crippen LogP contribution in [0.15, 0.2) is 30.3 Å². The van der Waals surface area contributed by atoms with E-state index in [9.17, 15) is 23.4 Å². The van der Waals surface area contributed by atoms with Crippen LogP contribution in [-0.4, -0.2) is 34.1 Å². The fourth-order valence-corrected chi connectivity index (χ4v) is 4.67. The van der Waals surface area contributed by atoms with Crippen molar-refractivity contribution in [3.8, 4) is 11.1 Å². The monoisotopic (exact) mass is 406 g/mol. The van der Waals surface area contributed by atoms with Gasteiger partial charge in [-0.15, -0.1) is 0 Å². The van der Waals surface area contributed by atoms with Crippen LogP contribution in [-0.2, 0) is 20.6 Å². The molecule has 0 saturated carbocycles. The minimum Gasteiger partial charge on any atom is -0.481 e. The maximum atomic E-state index is 14.0. The Morgan fingerprint density at radius 2 is 1.68 bits per heavy atom. The summed E-state index contributed by atoms with van der Waals surface area (Å²) in [6.45, 7) is 5.27. The molecule has 2 N–H and O–H groups in total. The summed E-state index contributed by atoms with van der Waals surface area (Å²) in [6, 6.07) is 9.13. The second-order valence-corrected chi connectivity index (χ2v) is 9.57. The minimum absolute atomic E-state index is 0.130. The van der Waals surface area contributed by atoms with E-state index in [4.69, 9.17) is 5.11 Å². The van der Waals surface area contributed by atoms with Crippen molar-refractivity contribution in [2.45, 2.75) is 33.6 Å². The van der Waals surface area contributed by atoms with Gasteiger partial charge in [0.2, 0.25) is 7.37 Å². The first kappa shape index (κ1) is 22.0. The molecule has 7 heteroatoms. The molecule has 0 aliphatic heterocycles. The van der Waals surface area contributed by atoms with E-state index in [0.717, 1.165) is 22.3 Å². The number of carbonyl (C=O) groups is 2. The fourth-order valence-electron chi connectivity index (χ4n) is 3.27. The van der Waals surface area contributed by atoms with Crippen molar-refractivity contribution >= 4 is 19.1 Å². The van der Waals surface area contributed by atoms with Gasteiger partial charge in [0.15, 0.2) is 5.78 Å². The van der Waals surface area contributed by atoms with E-state index in [-0.39, 0.29) is 18.4 Å². The van der Waals surface area contributed by atoms with Crippen LogP contribution >= 0.6 is 7.37 Å². The van der Waals surface area contributed by atoms with Crippen molar-refractivity contribution in [1.29, 1.82) is 0 Å². The van der Waals surface area contributed by atoms with E-state index < -0.39 is 31.7 Å². The predicted molar refractivity (Wildman–Crippen MR) is 107 cm³/mol. The molecule has 2 rings (SSSR count). The lowest BCUT2D eigenvalue weighted by molar-refractivity contribution is -0.139. The Morgan fingerprint density at radius 3 is 2.25 bits per heavy atom. The second kappa shape index (κ2) is 8.80. The topological polar surface area (TPSA) is 91.7 Å². The highest BCUT2D eigenvalue weighted by molar-refractivity contribution is 7.59. The summed E-state index contributed by atoms with van der Waals surface area (Å²) in [5, 5.41) is 8.63. The predicted octanol–water partition coefficient (Wildman–Crippen LogP) is 4.27. The summed E-state index contributed by atoms with van der Waals surface area (Å²) in [5.74, 6) is -2.32. The molecule has 5 nitrogen and oxygen atoms in total.